The van der Waals surface area contributed by atoms with Gasteiger partial charge in [-0.2, -0.15) is 5.10 Å². The summed E-state index contributed by atoms with van der Waals surface area (Å²) >= 11 is 0. The lowest BCUT2D eigenvalue weighted by atomic mass is 9.86. The van der Waals surface area contributed by atoms with Gasteiger partial charge in [0.25, 0.3) is 0 Å². The molecule has 0 bridgehead atoms. The molecule has 142 valence electrons. The minimum Gasteiger partial charge on any atom is -0.497 e. The number of rotatable bonds is 5. The van der Waals surface area contributed by atoms with Gasteiger partial charge in [0.05, 0.1) is 20.8 Å². The predicted octanol–water partition coefficient (Wildman–Crippen LogP) is 4.16. The SMILES string of the molecule is COc1ccc2c(c1)CCC(=Cc1ccc(OC)c(Cn3cccn3)c1)C2=O. The lowest BCUT2D eigenvalue weighted by Crippen LogP contribution is -2.14. The highest BCUT2D eigenvalue weighted by Gasteiger charge is 2.22. The molecule has 1 heterocycles. The number of carbonyl (C=O) groups is 1. The van der Waals surface area contributed by atoms with Gasteiger partial charge in [0.15, 0.2) is 5.78 Å². The van der Waals surface area contributed by atoms with Crippen molar-refractivity contribution < 1.29 is 14.3 Å². The van der Waals surface area contributed by atoms with E-state index in [2.05, 4.69) is 11.2 Å². The van der Waals surface area contributed by atoms with Crippen LogP contribution in [-0.2, 0) is 13.0 Å². The van der Waals surface area contributed by atoms with Crippen LogP contribution in [-0.4, -0.2) is 29.8 Å². The van der Waals surface area contributed by atoms with Crippen molar-refractivity contribution in [2.24, 2.45) is 0 Å². The summed E-state index contributed by atoms with van der Waals surface area (Å²) in [5.41, 5.74) is 4.66. The van der Waals surface area contributed by atoms with Crippen LogP contribution in [0, 0.1) is 0 Å². The molecule has 5 heteroatoms. The maximum Gasteiger partial charge on any atom is 0.189 e. The summed E-state index contributed by atoms with van der Waals surface area (Å²) < 4.78 is 12.6. The van der Waals surface area contributed by atoms with E-state index in [0.717, 1.165) is 52.2 Å². The molecule has 2 aromatic carbocycles. The van der Waals surface area contributed by atoms with E-state index in [4.69, 9.17) is 9.47 Å². The van der Waals surface area contributed by atoms with E-state index in [1.165, 1.54) is 0 Å². The molecule has 0 radical (unpaired) electrons. The van der Waals surface area contributed by atoms with Crippen LogP contribution in [0.4, 0.5) is 0 Å². The van der Waals surface area contributed by atoms with Gasteiger partial charge in [0.1, 0.15) is 11.5 Å². The van der Waals surface area contributed by atoms with Crippen molar-refractivity contribution in [2.75, 3.05) is 14.2 Å². The highest BCUT2D eigenvalue weighted by Crippen LogP contribution is 2.30. The molecule has 28 heavy (non-hydrogen) atoms. The highest BCUT2D eigenvalue weighted by atomic mass is 16.5. The van der Waals surface area contributed by atoms with Gasteiger partial charge in [-0.25, -0.2) is 0 Å². The summed E-state index contributed by atoms with van der Waals surface area (Å²) in [4.78, 5) is 12.9. The van der Waals surface area contributed by atoms with Crippen LogP contribution in [0.3, 0.4) is 0 Å². The molecule has 0 saturated carbocycles. The normalized spacial score (nSPS) is 14.8. The minimum absolute atomic E-state index is 0.0911. The average molecular weight is 374 g/mol. The molecule has 1 aliphatic rings. The molecule has 0 N–H and O–H groups in total. The van der Waals surface area contributed by atoms with Crippen LogP contribution >= 0.6 is 0 Å². The first-order valence-corrected chi connectivity index (χ1v) is 9.24. The van der Waals surface area contributed by atoms with E-state index in [1.54, 1.807) is 20.4 Å². The monoisotopic (exact) mass is 374 g/mol. The number of ether oxygens (including phenoxy) is 2. The molecule has 0 unspecified atom stereocenters. The van der Waals surface area contributed by atoms with Crippen molar-refractivity contribution in [1.82, 2.24) is 9.78 Å². The van der Waals surface area contributed by atoms with Crippen molar-refractivity contribution in [3.8, 4) is 11.5 Å². The number of aromatic nitrogens is 2. The summed E-state index contributed by atoms with van der Waals surface area (Å²) in [6.07, 6.45) is 7.22. The Kier molecular flexibility index (Phi) is 4.98. The average Bonchev–Trinajstić information content (AvgIpc) is 3.23. The minimum atomic E-state index is 0.0911. The quantitative estimate of drug-likeness (QED) is 0.629. The number of hydrogen-bond acceptors (Lipinski definition) is 4. The van der Waals surface area contributed by atoms with Gasteiger partial charge in [0.2, 0.25) is 0 Å². The number of nitrogens with zero attached hydrogens (tertiary/aromatic N) is 2. The summed E-state index contributed by atoms with van der Waals surface area (Å²) in [6, 6.07) is 13.5. The third-order valence-electron chi connectivity index (χ3n) is 5.05. The number of allylic oxidation sites excluding steroid dienone is 1. The largest absolute Gasteiger partial charge is 0.497 e. The third kappa shape index (κ3) is 3.56. The van der Waals surface area contributed by atoms with E-state index in [1.807, 2.05) is 53.4 Å². The number of methoxy groups -OCH3 is 2. The number of fused-ring (bicyclic) bond motifs is 1. The van der Waals surface area contributed by atoms with Gasteiger partial charge in [-0.3, -0.25) is 9.48 Å². The fourth-order valence-electron chi connectivity index (χ4n) is 3.60. The Bertz CT molecular complexity index is 1040. The van der Waals surface area contributed by atoms with Crippen molar-refractivity contribution in [3.05, 3.63) is 82.7 Å². The van der Waals surface area contributed by atoms with Crippen LogP contribution in [0.5, 0.6) is 11.5 Å². The molecular formula is C23H22N2O3. The van der Waals surface area contributed by atoms with Crippen molar-refractivity contribution in [3.63, 3.8) is 0 Å². The van der Waals surface area contributed by atoms with Gasteiger partial charge in [-0.15, -0.1) is 0 Å². The summed E-state index contributed by atoms with van der Waals surface area (Å²) in [5, 5.41) is 4.26. The van der Waals surface area contributed by atoms with E-state index in [9.17, 15) is 4.79 Å². The van der Waals surface area contributed by atoms with E-state index in [0.29, 0.717) is 6.54 Å². The standard InChI is InChI=1S/C23H22N2O3/c1-27-20-7-8-21-17(14-20)5-6-18(23(21)26)12-16-4-9-22(28-2)19(13-16)15-25-11-3-10-24-25/h3-4,7-14H,5-6,15H2,1-2H3. The Balaban J connectivity index is 1.64. The van der Waals surface area contributed by atoms with Gasteiger partial charge < -0.3 is 9.47 Å². The topological polar surface area (TPSA) is 53.4 Å². The molecule has 0 atom stereocenters. The van der Waals surface area contributed by atoms with Crippen molar-refractivity contribution >= 4 is 11.9 Å². The Morgan fingerprint density at radius 3 is 2.75 bits per heavy atom. The second-order valence-corrected chi connectivity index (χ2v) is 6.80. The number of hydrogen-bond donors (Lipinski definition) is 0. The fourth-order valence-corrected chi connectivity index (χ4v) is 3.60. The number of carbonyl (C=O) groups excluding carboxylic acids is 1. The van der Waals surface area contributed by atoms with Crippen LogP contribution in [0.1, 0.15) is 33.5 Å². The second-order valence-electron chi connectivity index (χ2n) is 6.80. The molecule has 1 aliphatic carbocycles. The highest BCUT2D eigenvalue weighted by molar-refractivity contribution is 6.13. The van der Waals surface area contributed by atoms with Gasteiger partial charge in [0, 0.05) is 29.1 Å². The molecule has 1 aromatic heterocycles. The van der Waals surface area contributed by atoms with Crippen LogP contribution in [0.2, 0.25) is 0 Å². The van der Waals surface area contributed by atoms with E-state index in [-0.39, 0.29) is 5.78 Å². The predicted molar refractivity (Wildman–Crippen MR) is 108 cm³/mol. The van der Waals surface area contributed by atoms with Crippen molar-refractivity contribution in [1.29, 1.82) is 0 Å². The maximum atomic E-state index is 12.9. The molecule has 3 aromatic rings. The molecule has 0 amide bonds. The number of ketones is 1. The maximum absolute atomic E-state index is 12.9. The van der Waals surface area contributed by atoms with Crippen LogP contribution in [0.25, 0.3) is 6.08 Å². The van der Waals surface area contributed by atoms with Gasteiger partial charge >= 0.3 is 0 Å². The second kappa shape index (κ2) is 7.72. The Hall–Kier alpha value is -3.34. The molecule has 0 spiro atoms. The molecule has 0 aliphatic heterocycles. The number of Topliss-reactive ketones (excluding diaryl/α,β-unsaturated/α-hetero) is 1. The fraction of sp³-hybridized carbons (Fsp3) is 0.217. The first kappa shape index (κ1) is 18.0. The Labute approximate surface area is 164 Å². The zero-order chi connectivity index (χ0) is 19.5. The zero-order valence-corrected chi connectivity index (χ0v) is 16.0. The Morgan fingerprint density at radius 1 is 1.11 bits per heavy atom. The van der Waals surface area contributed by atoms with E-state index < -0.39 is 0 Å². The lowest BCUT2D eigenvalue weighted by molar-refractivity contribution is 0.102. The van der Waals surface area contributed by atoms with E-state index >= 15 is 0 Å². The lowest BCUT2D eigenvalue weighted by Gasteiger charge is -2.18. The Morgan fingerprint density at radius 2 is 2.00 bits per heavy atom. The molecule has 5 nitrogen and oxygen atoms in total. The zero-order valence-electron chi connectivity index (χ0n) is 16.0. The van der Waals surface area contributed by atoms with Crippen LogP contribution < -0.4 is 9.47 Å². The van der Waals surface area contributed by atoms with Crippen LogP contribution in [0.15, 0.2) is 60.4 Å². The molecule has 4 rings (SSSR count). The molecular weight excluding hydrogens is 352 g/mol. The summed E-state index contributed by atoms with van der Waals surface area (Å²) in [5.74, 6) is 1.69. The summed E-state index contributed by atoms with van der Waals surface area (Å²) in [6.45, 7) is 0.615. The summed E-state index contributed by atoms with van der Waals surface area (Å²) in [7, 11) is 3.30. The third-order valence-corrected chi connectivity index (χ3v) is 5.05. The van der Waals surface area contributed by atoms with Gasteiger partial charge in [-0.05, 0) is 66.4 Å². The first-order valence-electron chi connectivity index (χ1n) is 9.24. The smallest absolute Gasteiger partial charge is 0.189 e. The number of aryl methyl sites for hydroxylation is 1. The molecule has 0 fully saturated rings. The molecule has 0 saturated heterocycles. The first-order chi connectivity index (χ1) is 13.7. The number of benzene rings is 2. The van der Waals surface area contributed by atoms with Gasteiger partial charge in [-0.1, -0.05) is 6.07 Å². The van der Waals surface area contributed by atoms with Crippen molar-refractivity contribution in [2.45, 2.75) is 19.4 Å².